The summed E-state index contributed by atoms with van der Waals surface area (Å²) >= 11 is 1.42. The highest BCUT2D eigenvalue weighted by Gasteiger charge is 2.11. The lowest BCUT2D eigenvalue weighted by atomic mass is 10.2. The fraction of sp³-hybridized carbons (Fsp3) is 0.250. The van der Waals surface area contributed by atoms with Crippen molar-refractivity contribution >= 4 is 44.4 Å². The molecule has 0 fully saturated rings. The zero-order chi connectivity index (χ0) is 17.7. The molecule has 0 unspecified atom stereocenters. The number of thiophene rings is 1. The Hall–Kier alpha value is -2.19. The van der Waals surface area contributed by atoms with Gasteiger partial charge in [0.15, 0.2) is 5.78 Å². The largest absolute Gasteiger partial charge is 0.326 e. The summed E-state index contributed by atoms with van der Waals surface area (Å²) in [6.07, 6.45) is 1.31. The molecule has 0 spiro atoms. The molecule has 6 nitrogen and oxygen atoms in total. The van der Waals surface area contributed by atoms with Crippen molar-refractivity contribution in [1.82, 2.24) is 0 Å². The minimum Gasteiger partial charge on any atom is -0.326 e. The molecule has 1 heterocycles. The monoisotopic (exact) mass is 366 g/mol. The third-order valence-electron chi connectivity index (χ3n) is 3.07. The molecule has 1 amide bonds. The van der Waals surface area contributed by atoms with E-state index in [4.69, 9.17) is 0 Å². The van der Waals surface area contributed by atoms with Gasteiger partial charge in [-0.2, -0.15) is 0 Å². The third-order valence-corrected chi connectivity index (χ3v) is 4.71. The van der Waals surface area contributed by atoms with Crippen LogP contribution in [0.15, 0.2) is 36.4 Å². The number of ketones is 1. The fourth-order valence-corrected chi connectivity index (χ4v) is 3.39. The van der Waals surface area contributed by atoms with E-state index in [1.54, 1.807) is 30.3 Å². The van der Waals surface area contributed by atoms with Crippen LogP contribution in [0.5, 0.6) is 0 Å². The van der Waals surface area contributed by atoms with Crippen LogP contribution in [0.25, 0.3) is 0 Å². The molecule has 1 aromatic heterocycles. The van der Waals surface area contributed by atoms with E-state index in [1.165, 1.54) is 11.3 Å². The van der Waals surface area contributed by atoms with Gasteiger partial charge in [-0.25, -0.2) is 8.42 Å². The molecule has 0 saturated carbocycles. The van der Waals surface area contributed by atoms with E-state index in [2.05, 4.69) is 10.0 Å². The molecule has 128 valence electrons. The summed E-state index contributed by atoms with van der Waals surface area (Å²) in [5, 5.41) is 2.68. The van der Waals surface area contributed by atoms with Gasteiger partial charge >= 0.3 is 0 Å². The van der Waals surface area contributed by atoms with Gasteiger partial charge in [0.1, 0.15) is 0 Å². The smallest absolute Gasteiger partial charge is 0.229 e. The van der Waals surface area contributed by atoms with Gasteiger partial charge in [0, 0.05) is 29.1 Å². The number of carbonyl (C=O) groups excluding carboxylic acids is 2. The summed E-state index contributed by atoms with van der Waals surface area (Å²) in [5.41, 5.74) is 0.956. The molecule has 8 heteroatoms. The predicted octanol–water partition coefficient (Wildman–Crippen LogP) is 3.03. The highest BCUT2D eigenvalue weighted by Crippen LogP contribution is 2.18. The van der Waals surface area contributed by atoms with Crippen molar-refractivity contribution in [3.05, 3.63) is 46.2 Å². The molecule has 0 aliphatic rings. The second kappa shape index (κ2) is 7.59. The van der Waals surface area contributed by atoms with E-state index in [-0.39, 0.29) is 24.5 Å². The Bertz CT molecular complexity index is 839. The Balaban J connectivity index is 1.85. The highest BCUT2D eigenvalue weighted by molar-refractivity contribution is 7.92. The van der Waals surface area contributed by atoms with Crippen LogP contribution in [-0.2, 0) is 14.8 Å². The van der Waals surface area contributed by atoms with Crippen molar-refractivity contribution in [3.8, 4) is 0 Å². The lowest BCUT2D eigenvalue weighted by molar-refractivity contribution is -0.116. The summed E-state index contributed by atoms with van der Waals surface area (Å²) in [6.45, 7) is 1.93. The predicted molar refractivity (Wildman–Crippen MR) is 96.2 cm³/mol. The van der Waals surface area contributed by atoms with Gasteiger partial charge in [0.2, 0.25) is 15.9 Å². The quantitative estimate of drug-likeness (QED) is 0.737. The maximum atomic E-state index is 12.0. The van der Waals surface area contributed by atoms with Gasteiger partial charge in [-0.3, -0.25) is 14.3 Å². The molecular formula is C16H18N2O4S2. The van der Waals surface area contributed by atoms with Crippen LogP contribution in [0, 0.1) is 6.92 Å². The molecule has 0 aliphatic heterocycles. The van der Waals surface area contributed by atoms with E-state index >= 15 is 0 Å². The number of hydrogen-bond donors (Lipinski definition) is 2. The zero-order valence-corrected chi connectivity index (χ0v) is 15.0. The van der Waals surface area contributed by atoms with E-state index in [0.29, 0.717) is 16.3 Å². The molecular weight excluding hydrogens is 348 g/mol. The van der Waals surface area contributed by atoms with Crippen LogP contribution in [0.4, 0.5) is 11.4 Å². The van der Waals surface area contributed by atoms with Crippen LogP contribution in [0.2, 0.25) is 0 Å². The first-order valence-corrected chi connectivity index (χ1v) is 9.91. The van der Waals surface area contributed by atoms with Gasteiger partial charge in [-0.05, 0) is 43.3 Å². The second-order valence-electron chi connectivity index (χ2n) is 5.33. The third kappa shape index (κ3) is 5.78. The number of sulfonamides is 1. The minimum absolute atomic E-state index is 0.0454. The van der Waals surface area contributed by atoms with Crippen molar-refractivity contribution < 1.29 is 18.0 Å². The molecule has 0 bridgehead atoms. The summed E-state index contributed by atoms with van der Waals surface area (Å²) in [5.74, 6) is -0.309. The average Bonchev–Trinajstić information content (AvgIpc) is 2.92. The molecule has 24 heavy (non-hydrogen) atoms. The molecule has 0 radical (unpaired) electrons. The van der Waals surface area contributed by atoms with Gasteiger partial charge in [-0.15, -0.1) is 11.3 Å². The molecule has 0 aliphatic carbocycles. The van der Waals surface area contributed by atoms with Gasteiger partial charge < -0.3 is 5.32 Å². The van der Waals surface area contributed by atoms with E-state index < -0.39 is 10.0 Å². The Morgan fingerprint density at radius 2 is 1.62 bits per heavy atom. The Kier molecular flexibility index (Phi) is 5.74. The first-order valence-electron chi connectivity index (χ1n) is 7.20. The molecule has 2 aromatic rings. The van der Waals surface area contributed by atoms with Gasteiger partial charge in [-0.1, -0.05) is 0 Å². The molecule has 0 atom stereocenters. The fourth-order valence-electron chi connectivity index (χ4n) is 1.99. The minimum atomic E-state index is -3.33. The zero-order valence-electron chi connectivity index (χ0n) is 13.3. The van der Waals surface area contributed by atoms with E-state index in [1.807, 2.05) is 13.0 Å². The van der Waals surface area contributed by atoms with Crippen molar-refractivity contribution in [2.45, 2.75) is 19.8 Å². The molecule has 2 N–H and O–H groups in total. The summed E-state index contributed by atoms with van der Waals surface area (Å²) in [6, 6.07) is 9.94. The number of hydrogen-bond acceptors (Lipinski definition) is 5. The number of rotatable bonds is 7. The Morgan fingerprint density at radius 3 is 2.17 bits per heavy atom. The first kappa shape index (κ1) is 18.2. The number of aryl methyl sites for hydroxylation is 1. The Labute approximate surface area is 145 Å². The SMILES string of the molecule is Cc1ccc(C(=O)CCC(=O)Nc2ccc(NS(C)(=O)=O)cc2)s1. The number of carbonyl (C=O) groups is 2. The van der Waals surface area contributed by atoms with Crippen molar-refractivity contribution in [2.24, 2.45) is 0 Å². The van der Waals surface area contributed by atoms with Crippen molar-refractivity contribution in [3.63, 3.8) is 0 Å². The number of benzene rings is 1. The molecule has 0 saturated heterocycles. The van der Waals surface area contributed by atoms with E-state index in [9.17, 15) is 18.0 Å². The van der Waals surface area contributed by atoms with Crippen LogP contribution in [0.1, 0.15) is 27.4 Å². The van der Waals surface area contributed by atoms with Gasteiger partial charge in [0.05, 0.1) is 11.1 Å². The van der Waals surface area contributed by atoms with Crippen LogP contribution in [0.3, 0.4) is 0 Å². The number of anilines is 2. The van der Waals surface area contributed by atoms with Crippen LogP contribution in [-0.4, -0.2) is 26.4 Å². The number of Topliss-reactive ketones (excluding diaryl/α,β-unsaturated/α-hetero) is 1. The van der Waals surface area contributed by atoms with Gasteiger partial charge in [0.25, 0.3) is 0 Å². The lowest BCUT2D eigenvalue weighted by Gasteiger charge is -2.07. The number of nitrogens with one attached hydrogen (secondary N) is 2. The highest BCUT2D eigenvalue weighted by atomic mass is 32.2. The molecule has 1 aromatic carbocycles. The maximum absolute atomic E-state index is 12.0. The summed E-state index contributed by atoms with van der Waals surface area (Å²) in [4.78, 5) is 25.6. The Morgan fingerprint density at radius 1 is 1.00 bits per heavy atom. The molecule has 2 rings (SSSR count). The van der Waals surface area contributed by atoms with Crippen molar-refractivity contribution in [2.75, 3.05) is 16.3 Å². The average molecular weight is 366 g/mol. The first-order chi connectivity index (χ1) is 11.2. The summed E-state index contributed by atoms with van der Waals surface area (Å²) in [7, 11) is -3.33. The van der Waals surface area contributed by atoms with Crippen molar-refractivity contribution in [1.29, 1.82) is 0 Å². The lowest BCUT2D eigenvalue weighted by Crippen LogP contribution is -2.13. The standard InChI is InChI=1S/C16H18N2O4S2/c1-11-3-9-15(23-11)14(19)8-10-16(20)17-12-4-6-13(7-5-12)18-24(2,21)22/h3-7,9,18H,8,10H2,1-2H3,(H,17,20). The maximum Gasteiger partial charge on any atom is 0.229 e. The van der Waals surface area contributed by atoms with E-state index in [0.717, 1.165) is 11.1 Å². The number of amides is 1. The van der Waals surface area contributed by atoms with Crippen LogP contribution >= 0.6 is 11.3 Å². The normalized spacial score (nSPS) is 11.1. The topological polar surface area (TPSA) is 92.3 Å². The van der Waals surface area contributed by atoms with Crippen LogP contribution < -0.4 is 10.0 Å². The summed E-state index contributed by atoms with van der Waals surface area (Å²) < 4.78 is 24.6. The second-order valence-corrected chi connectivity index (χ2v) is 8.37.